The second-order valence-electron chi connectivity index (χ2n) is 7.43. The van der Waals surface area contributed by atoms with Gasteiger partial charge in [-0.05, 0) is 37.5 Å². The molecule has 1 saturated heterocycles. The second-order valence-corrected chi connectivity index (χ2v) is 7.43. The largest absolute Gasteiger partial charge is 0.358 e. The number of aromatic amines is 1. The molecule has 3 rings (SSSR count). The Balaban J connectivity index is 1.90. The summed E-state index contributed by atoms with van der Waals surface area (Å²) in [7, 11) is 2.25. The van der Waals surface area contributed by atoms with Crippen molar-refractivity contribution in [3.05, 3.63) is 45.2 Å². The van der Waals surface area contributed by atoms with Crippen LogP contribution in [0.2, 0.25) is 0 Å². The van der Waals surface area contributed by atoms with Crippen molar-refractivity contribution in [3.63, 3.8) is 0 Å². The van der Waals surface area contributed by atoms with Gasteiger partial charge in [0.05, 0.1) is 12.6 Å². The van der Waals surface area contributed by atoms with Gasteiger partial charge in [0.2, 0.25) is 0 Å². The van der Waals surface area contributed by atoms with E-state index in [2.05, 4.69) is 37.2 Å². The van der Waals surface area contributed by atoms with Gasteiger partial charge < -0.3 is 14.8 Å². The van der Waals surface area contributed by atoms with Crippen molar-refractivity contribution in [2.24, 2.45) is 0 Å². The summed E-state index contributed by atoms with van der Waals surface area (Å²) in [5, 5.41) is 0.864. The fourth-order valence-electron chi connectivity index (χ4n) is 3.70. The lowest BCUT2D eigenvalue weighted by Gasteiger charge is -2.27. The van der Waals surface area contributed by atoms with E-state index in [9.17, 15) is 4.79 Å². The zero-order valence-corrected chi connectivity index (χ0v) is 15.3. The van der Waals surface area contributed by atoms with E-state index in [1.807, 2.05) is 6.92 Å². The quantitative estimate of drug-likeness (QED) is 0.715. The van der Waals surface area contributed by atoms with Gasteiger partial charge in [0.1, 0.15) is 32.7 Å². The number of nitrogens with one attached hydrogen (secondary N) is 3. The Morgan fingerprint density at radius 1 is 1.17 bits per heavy atom. The lowest BCUT2D eigenvalue weighted by molar-refractivity contribution is -1.01. The molecule has 1 aliphatic rings. The monoisotopic (exact) mass is 329 g/mol. The van der Waals surface area contributed by atoms with Crippen molar-refractivity contribution < 1.29 is 9.80 Å². The maximum absolute atomic E-state index is 13.1. The topological polar surface area (TPSA) is 41.7 Å². The molecule has 0 spiro atoms. The number of hydrogen-bond acceptors (Lipinski definition) is 1. The van der Waals surface area contributed by atoms with Crippen molar-refractivity contribution in [3.8, 4) is 0 Å². The predicted octanol–water partition coefficient (Wildman–Crippen LogP) is 0.0923. The first kappa shape index (κ1) is 17.2. The van der Waals surface area contributed by atoms with Crippen LogP contribution in [0, 0.1) is 6.92 Å². The number of aromatic nitrogens is 1. The van der Waals surface area contributed by atoms with Crippen LogP contribution in [0.25, 0.3) is 10.9 Å². The SMILES string of the molecule is CCCCc1ccc2[nH]c(C)c(C[NH+]3CC[NH+](C)CC3)c(=O)c2c1. The van der Waals surface area contributed by atoms with E-state index in [1.165, 1.54) is 36.4 Å². The molecule has 2 heterocycles. The van der Waals surface area contributed by atoms with Gasteiger partial charge in [-0.3, -0.25) is 4.79 Å². The number of pyridine rings is 1. The molecule has 130 valence electrons. The Morgan fingerprint density at radius 2 is 1.92 bits per heavy atom. The highest BCUT2D eigenvalue weighted by Crippen LogP contribution is 2.15. The average Bonchev–Trinajstić information content (AvgIpc) is 2.58. The summed E-state index contributed by atoms with van der Waals surface area (Å²) < 4.78 is 0. The van der Waals surface area contributed by atoms with Crippen LogP contribution >= 0.6 is 0 Å². The molecule has 0 atom stereocenters. The van der Waals surface area contributed by atoms with Crippen LogP contribution < -0.4 is 15.2 Å². The Morgan fingerprint density at radius 3 is 2.62 bits per heavy atom. The average molecular weight is 329 g/mol. The summed E-state index contributed by atoms with van der Waals surface area (Å²) in [6.07, 6.45) is 3.42. The summed E-state index contributed by atoms with van der Waals surface area (Å²) in [5.74, 6) is 0. The highest BCUT2D eigenvalue weighted by atomic mass is 16.1. The van der Waals surface area contributed by atoms with Gasteiger partial charge in [-0.25, -0.2) is 0 Å². The second kappa shape index (κ2) is 7.49. The molecule has 3 N–H and O–H groups in total. The maximum atomic E-state index is 13.1. The number of fused-ring (bicyclic) bond motifs is 1. The standard InChI is InChI=1S/C20H29N3O/c1-4-5-6-16-7-8-19-17(13-16)20(24)18(15(2)21-19)14-23-11-9-22(3)10-12-23/h7-8,13H,4-6,9-12,14H2,1-3H3,(H,21,24)/p+2. The molecule has 1 aromatic heterocycles. The van der Waals surface area contributed by atoms with Crippen LogP contribution in [0.15, 0.2) is 23.0 Å². The number of likely N-dealkylation sites (N-methyl/N-ethyl adjacent to an activating group) is 1. The molecule has 24 heavy (non-hydrogen) atoms. The van der Waals surface area contributed by atoms with E-state index in [0.29, 0.717) is 0 Å². The van der Waals surface area contributed by atoms with Gasteiger partial charge in [-0.15, -0.1) is 0 Å². The molecular formula is C20H31N3O+2. The van der Waals surface area contributed by atoms with Gasteiger partial charge in [-0.2, -0.15) is 0 Å². The number of unbranched alkanes of at least 4 members (excludes halogenated alkanes) is 1. The molecule has 0 amide bonds. The highest BCUT2D eigenvalue weighted by molar-refractivity contribution is 5.80. The van der Waals surface area contributed by atoms with Gasteiger partial charge in [0, 0.05) is 16.6 Å². The molecular weight excluding hydrogens is 298 g/mol. The molecule has 4 nitrogen and oxygen atoms in total. The first-order valence-electron chi connectivity index (χ1n) is 9.37. The van der Waals surface area contributed by atoms with Crippen LogP contribution in [-0.2, 0) is 13.0 Å². The summed E-state index contributed by atoms with van der Waals surface area (Å²) in [6.45, 7) is 9.79. The number of hydrogen-bond donors (Lipinski definition) is 3. The highest BCUT2D eigenvalue weighted by Gasteiger charge is 2.22. The lowest BCUT2D eigenvalue weighted by Crippen LogP contribution is -3.26. The van der Waals surface area contributed by atoms with E-state index < -0.39 is 0 Å². The molecule has 1 aliphatic heterocycles. The molecule has 0 bridgehead atoms. The molecule has 0 radical (unpaired) electrons. The van der Waals surface area contributed by atoms with E-state index in [1.54, 1.807) is 4.90 Å². The Kier molecular flexibility index (Phi) is 5.36. The maximum Gasteiger partial charge on any atom is 0.198 e. The number of rotatable bonds is 5. The summed E-state index contributed by atoms with van der Waals surface area (Å²) in [6, 6.07) is 6.34. The van der Waals surface area contributed by atoms with Crippen LogP contribution in [0.1, 0.15) is 36.6 Å². The first-order valence-corrected chi connectivity index (χ1v) is 9.37. The Hall–Kier alpha value is -1.65. The summed E-state index contributed by atoms with van der Waals surface area (Å²) >= 11 is 0. The summed E-state index contributed by atoms with van der Waals surface area (Å²) in [5.41, 5.74) is 4.50. The van der Waals surface area contributed by atoms with Crippen molar-refractivity contribution in [1.82, 2.24) is 4.98 Å². The third-order valence-electron chi connectivity index (χ3n) is 5.43. The van der Waals surface area contributed by atoms with Crippen LogP contribution in [0.3, 0.4) is 0 Å². The molecule has 1 fully saturated rings. The van der Waals surface area contributed by atoms with E-state index in [4.69, 9.17) is 0 Å². The van der Waals surface area contributed by atoms with Crippen molar-refractivity contribution >= 4 is 10.9 Å². The number of benzene rings is 1. The number of quaternary nitrogens is 2. The zero-order valence-electron chi connectivity index (χ0n) is 15.3. The smallest absolute Gasteiger partial charge is 0.198 e. The van der Waals surface area contributed by atoms with Gasteiger partial charge >= 0.3 is 0 Å². The van der Waals surface area contributed by atoms with Crippen molar-refractivity contribution in [2.75, 3.05) is 33.2 Å². The Bertz CT molecular complexity index is 757. The molecule has 2 aromatic rings. The fraction of sp³-hybridized carbons (Fsp3) is 0.550. The fourth-order valence-corrected chi connectivity index (χ4v) is 3.70. The van der Waals surface area contributed by atoms with Crippen LogP contribution in [-0.4, -0.2) is 38.2 Å². The molecule has 4 heteroatoms. The zero-order chi connectivity index (χ0) is 17.1. The van der Waals surface area contributed by atoms with Crippen molar-refractivity contribution in [1.29, 1.82) is 0 Å². The number of aryl methyl sites for hydroxylation is 2. The van der Waals surface area contributed by atoms with Gasteiger partial charge in [-0.1, -0.05) is 19.4 Å². The normalized spacial score (nSPS) is 21.3. The van der Waals surface area contributed by atoms with E-state index in [-0.39, 0.29) is 5.43 Å². The van der Waals surface area contributed by atoms with Crippen molar-refractivity contribution in [2.45, 2.75) is 39.7 Å². The number of piperazine rings is 1. The third-order valence-corrected chi connectivity index (χ3v) is 5.43. The minimum atomic E-state index is 0.235. The number of H-pyrrole nitrogens is 1. The minimum absolute atomic E-state index is 0.235. The first-order chi connectivity index (χ1) is 11.6. The molecule has 0 aliphatic carbocycles. The van der Waals surface area contributed by atoms with E-state index >= 15 is 0 Å². The van der Waals surface area contributed by atoms with Gasteiger partial charge in [0.15, 0.2) is 5.43 Å². The third kappa shape index (κ3) is 3.70. The molecule has 1 aromatic carbocycles. The predicted molar refractivity (Wildman–Crippen MR) is 98.9 cm³/mol. The van der Waals surface area contributed by atoms with Gasteiger partial charge in [0.25, 0.3) is 0 Å². The Labute approximate surface area is 144 Å². The lowest BCUT2D eigenvalue weighted by atomic mass is 10.0. The van der Waals surface area contributed by atoms with Crippen LogP contribution in [0.4, 0.5) is 0 Å². The van der Waals surface area contributed by atoms with E-state index in [0.717, 1.165) is 48.2 Å². The summed E-state index contributed by atoms with van der Waals surface area (Å²) in [4.78, 5) is 19.7. The van der Waals surface area contributed by atoms with Crippen LogP contribution in [0.5, 0.6) is 0 Å². The molecule has 0 saturated carbocycles. The minimum Gasteiger partial charge on any atom is -0.358 e. The molecule has 0 unspecified atom stereocenters.